The summed E-state index contributed by atoms with van der Waals surface area (Å²) in [5, 5.41) is 8.28. The lowest BCUT2D eigenvalue weighted by atomic mass is 10.1. The third-order valence-electron chi connectivity index (χ3n) is 5.16. The second-order valence-corrected chi connectivity index (χ2v) is 7.69. The molecule has 1 aliphatic rings. The predicted molar refractivity (Wildman–Crippen MR) is 114 cm³/mol. The van der Waals surface area contributed by atoms with E-state index in [-0.39, 0.29) is 12.0 Å². The summed E-state index contributed by atoms with van der Waals surface area (Å²) in [7, 11) is 3.83. The maximum absolute atomic E-state index is 13.0. The minimum Gasteiger partial charge on any atom is -0.471 e. The van der Waals surface area contributed by atoms with Crippen LogP contribution in [0.4, 0.5) is 5.82 Å². The number of carbonyl (C=O) groups is 1. The van der Waals surface area contributed by atoms with E-state index in [9.17, 15) is 4.79 Å². The molecule has 1 aliphatic heterocycles. The van der Waals surface area contributed by atoms with Crippen molar-refractivity contribution in [1.29, 1.82) is 0 Å². The van der Waals surface area contributed by atoms with E-state index in [1.165, 1.54) is 0 Å². The van der Waals surface area contributed by atoms with Gasteiger partial charge in [0.25, 0.3) is 5.91 Å². The van der Waals surface area contributed by atoms with Crippen molar-refractivity contribution in [3.8, 4) is 5.88 Å². The number of benzene rings is 1. The zero-order valence-corrected chi connectivity index (χ0v) is 17.3. The molecule has 8 nitrogen and oxygen atoms in total. The monoisotopic (exact) mass is 406 g/mol. The highest BCUT2D eigenvalue weighted by atomic mass is 16.5. The Morgan fingerprint density at radius 3 is 2.67 bits per heavy atom. The van der Waals surface area contributed by atoms with Crippen LogP contribution < -0.4 is 9.64 Å². The van der Waals surface area contributed by atoms with Gasteiger partial charge in [-0.25, -0.2) is 4.98 Å². The Morgan fingerprint density at radius 1 is 1.17 bits per heavy atom. The largest absolute Gasteiger partial charge is 0.471 e. The molecule has 0 N–H and O–H groups in total. The maximum Gasteiger partial charge on any atom is 0.253 e. The van der Waals surface area contributed by atoms with Gasteiger partial charge in [0, 0.05) is 51.2 Å². The van der Waals surface area contributed by atoms with Crippen molar-refractivity contribution in [2.45, 2.75) is 25.5 Å². The second kappa shape index (κ2) is 8.94. The number of carbonyl (C=O) groups excluding carboxylic acids is 1. The summed E-state index contributed by atoms with van der Waals surface area (Å²) < 4.78 is 7.99. The van der Waals surface area contributed by atoms with Gasteiger partial charge >= 0.3 is 0 Å². The minimum atomic E-state index is -0.0808. The molecule has 1 amide bonds. The van der Waals surface area contributed by atoms with Crippen molar-refractivity contribution < 1.29 is 9.53 Å². The van der Waals surface area contributed by atoms with Crippen LogP contribution in [-0.4, -0.2) is 63.8 Å². The van der Waals surface area contributed by atoms with Crippen LogP contribution in [0.5, 0.6) is 5.88 Å². The lowest BCUT2D eigenvalue weighted by Crippen LogP contribution is -2.44. The fraction of sp³-hybridized carbons (Fsp3) is 0.364. The molecular formula is C22H26N6O2. The van der Waals surface area contributed by atoms with E-state index in [2.05, 4.69) is 15.2 Å². The lowest BCUT2D eigenvalue weighted by molar-refractivity contribution is 0.0525. The number of rotatable bonds is 6. The smallest absolute Gasteiger partial charge is 0.253 e. The average Bonchev–Trinajstić information content (AvgIpc) is 3.27. The highest BCUT2D eigenvalue weighted by Crippen LogP contribution is 2.19. The predicted octanol–water partition coefficient (Wildman–Crippen LogP) is 2.47. The van der Waals surface area contributed by atoms with Gasteiger partial charge in [0.2, 0.25) is 5.88 Å². The Labute approximate surface area is 176 Å². The molecule has 1 aromatic carbocycles. The maximum atomic E-state index is 13.0. The number of ether oxygens (including phenoxy) is 1. The SMILES string of the molecule is CN(C)c1ccc(OC2CCCN(C(=O)c3ccc(Cn4ccnc4)cc3)C2)nn1. The van der Waals surface area contributed by atoms with Gasteiger partial charge < -0.3 is 19.1 Å². The van der Waals surface area contributed by atoms with E-state index in [0.29, 0.717) is 18.0 Å². The third-order valence-corrected chi connectivity index (χ3v) is 5.16. The highest BCUT2D eigenvalue weighted by molar-refractivity contribution is 5.94. The van der Waals surface area contributed by atoms with Gasteiger partial charge in [0.15, 0.2) is 5.82 Å². The van der Waals surface area contributed by atoms with E-state index in [4.69, 9.17) is 4.74 Å². The number of aromatic nitrogens is 4. The van der Waals surface area contributed by atoms with E-state index >= 15 is 0 Å². The van der Waals surface area contributed by atoms with E-state index < -0.39 is 0 Å². The highest BCUT2D eigenvalue weighted by Gasteiger charge is 2.26. The van der Waals surface area contributed by atoms with Gasteiger partial charge in [-0.3, -0.25) is 4.79 Å². The molecule has 0 aliphatic carbocycles. The van der Waals surface area contributed by atoms with Crippen LogP contribution in [0.2, 0.25) is 0 Å². The number of hydrogen-bond acceptors (Lipinski definition) is 6. The Hall–Kier alpha value is -3.42. The van der Waals surface area contributed by atoms with Crippen molar-refractivity contribution >= 4 is 11.7 Å². The lowest BCUT2D eigenvalue weighted by Gasteiger charge is -2.32. The molecule has 4 rings (SSSR count). The molecule has 1 atom stereocenters. The first-order valence-electron chi connectivity index (χ1n) is 10.1. The summed E-state index contributed by atoms with van der Waals surface area (Å²) in [6, 6.07) is 11.5. The van der Waals surface area contributed by atoms with Crippen LogP contribution in [0.15, 0.2) is 55.1 Å². The third kappa shape index (κ3) is 4.76. The van der Waals surface area contributed by atoms with Crippen molar-refractivity contribution in [1.82, 2.24) is 24.6 Å². The number of likely N-dealkylation sites (tertiary alicyclic amines) is 1. The van der Waals surface area contributed by atoms with E-state index in [1.807, 2.05) is 71.1 Å². The zero-order chi connectivity index (χ0) is 20.9. The second-order valence-electron chi connectivity index (χ2n) is 7.69. The number of hydrogen-bond donors (Lipinski definition) is 0. The van der Waals surface area contributed by atoms with Gasteiger partial charge in [-0.1, -0.05) is 12.1 Å². The van der Waals surface area contributed by atoms with Crippen LogP contribution in [0.3, 0.4) is 0 Å². The van der Waals surface area contributed by atoms with Gasteiger partial charge in [0.1, 0.15) is 6.10 Å². The molecule has 0 bridgehead atoms. The Kier molecular flexibility index (Phi) is 5.92. The van der Waals surface area contributed by atoms with Crippen molar-refractivity contribution in [2.24, 2.45) is 0 Å². The zero-order valence-electron chi connectivity index (χ0n) is 17.3. The van der Waals surface area contributed by atoms with Crippen LogP contribution in [0.1, 0.15) is 28.8 Å². The summed E-state index contributed by atoms with van der Waals surface area (Å²) >= 11 is 0. The molecule has 0 saturated carbocycles. The molecule has 1 unspecified atom stereocenters. The number of imidazole rings is 1. The Morgan fingerprint density at radius 2 is 2.00 bits per heavy atom. The molecule has 156 valence electrons. The molecule has 8 heteroatoms. The van der Waals surface area contributed by atoms with E-state index in [1.54, 1.807) is 12.5 Å². The summed E-state index contributed by atoms with van der Waals surface area (Å²) in [5.41, 5.74) is 1.82. The van der Waals surface area contributed by atoms with Crippen LogP contribution in [0.25, 0.3) is 0 Å². The van der Waals surface area contributed by atoms with Crippen molar-refractivity contribution in [3.63, 3.8) is 0 Å². The molecule has 0 spiro atoms. The average molecular weight is 406 g/mol. The standard InChI is InChI=1S/C22H26N6O2/c1-26(2)20-9-10-21(25-24-20)30-19-4-3-12-28(15-19)22(29)18-7-5-17(6-8-18)14-27-13-11-23-16-27/h5-11,13,16,19H,3-4,12,14-15H2,1-2H3. The molecule has 3 heterocycles. The molecule has 30 heavy (non-hydrogen) atoms. The molecule has 2 aromatic heterocycles. The topological polar surface area (TPSA) is 76.4 Å². The number of anilines is 1. The van der Waals surface area contributed by atoms with E-state index in [0.717, 1.165) is 37.3 Å². The number of piperidine rings is 1. The fourth-order valence-corrected chi connectivity index (χ4v) is 3.53. The van der Waals surface area contributed by atoms with Gasteiger partial charge in [-0.15, -0.1) is 10.2 Å². The summed E-state index contributed by atoms with van der Waals surface area (Å²) in [5.74, 6) is 1.30. The van der Waals surface area contributed by atoms with Gasteiger partial charge in [-0.2, -0.15) is 0 Å². The normalized spacial score (nSPS) is 16.3. The van der Waals surface area contributed by atoms with Crippen LogP contribution in [-0.2, 0) is 6.54 Å². The van der Waals surface area contributed by atoms with Crippen LogP contribution >= 0.6 is 0 Å². The van der Waals surface area contributed by atoms with Crippen molar-refractivity contribution in [3.05, 3.63) is 66.2 Å². The van der Waals surface area contributed by atoms with Crippen molar-refractivity contribution in [2.75, 3.05) is 32.1 Å². The first-order valence-corrected chi connectivity index (χ1v) is 10.1. The fourth-order valence-electron chi connectivity index (χ4n) is 3.53. The van der Waals surface area contributed by atoms with Crippen LogP contribution in [0, 0.1) is 0 Å². The van der Waals surface area contributed by atoms with Gasteiger partial charge in [0.05, 0.1) is 12.9 Å². The molecule has 0 radical (unpaired) electrons. The minimum absolute atomic E-state index is 0.0338. The quantitative estimate of drug-likeness (QED) is 0.626. The Balaban J connectivity index is 1.36. The molecule has 1 saturated heterocycles. The summed E-state index contributed by atoms with van der Waals surface area (Å²) in [6.07, 6.45) is 7.18. The first kappa shape index (κ1) is 19.9. The molecular weight excluding hydrogens is 380 g/mol. The molecule has 1 fully saturated rings. The number of nitrogens with zero attached hydrogens (tertiary/aromatic N) is 6. The Bertz CT molecular complexity index is 954. The van der Waals surface area contributed by atoms with Gasteiger partial charge in [-0.05, 0) is 36.6 Å². The summed E-state index contributed by atoms with van der Waals surface area (Å²) in [6.45, 7) is 2.02. The number of amides is 1. The first-order chi connectivity index (χ1) is 14.6. The summed E-state index contributed by atoms with van der Waals surface area (Å²) in [4.78, 5) is 20.8. The molecule has 3 aromatic rings.